The summed E-state index contributed by atoms with van der Waals surface area (Å²) in [6, 6.07) is 9.70. The van der Waals surface area contributed by atoms with E-state index >= 15 is 0 Å². The second kappa shape index (κ2) is 10.2. The van der Waals surface area contributed by atoms with Crippen molar-refractivity contribution in [3.05, 3.63) is 35.9 Å². The van der Waals surface area contributed by atoms with Gasteiger partial charge in [0.15, 0.2) is 0 Å². The first-order chi connectivity index (χ1) is 7.84. The second-order valence-electron chi connectivity index (χ2n) is 3.07. The Morgan fingerprint density at radius 3 is 1.88 bits per heavy atom. The van der Waals surface area contributed by atoms with Gasteiger partial charge in [-0.3, -0.25) is 8.94 Å². The Morgan fingerprint density at radius 2 is 1.59 bits per heavy atom. The lowest BCUT2D eigenvalue weighted by Crippen LogP contribution is -1.93. The Bertz CT molecular complexity index is 356. The van der Waals surface area contributed by atoms with Gasteiger partial charge in [-0.15, -0.1) is 0 Å². The number of halogens is 1. The van der Waals surface area contributed by atoms with Gasteiger partial charge in [0.05, 0.1) is 19.5 Å². The normalized spacial score (nSPS) is 11.4. The summed E-state index contributed by atoms with van der Waals surface area (Å²) in [7, 11) is -3.17. The van der Waals surface area contributed by atoms with Gasteiger partial charge in [-0.1, -0.05) is 37.3 Å². The number of aliphatic hydroxyl groups is 1. The predicted molar refractivity (Wildman–Crippen MR) is 66.2 cm³/mol. The molecule has 2 N–H and O–H groups in total. The zero-order chi connectivity index (χ0) is 13.9. The molecule has 0 radical (unpaired) electrons. The summed E-state index contributed by atoms with van der Waals surface area (Å²) in [4.78, 5) is 0. The molecule has 1 aromatic carbocycles. The number of alkyl halides is 1. The van der Waals surface area contributed by atoms with Gasteiger partial charge >= 0.3 is 0 Å². The van der Waals surface area contributed by atoms with Crippen LogP contribution in [0.2, 0.25) is 0 Å². The van der Waals surface area contributed by atoms with Gasteiger partial charge in [0.25, 0.3) is 10.1 Å². The van der Waals surface area contributed by atoms with Crippen molar-refractivity contribution in [2.24, 2.45) is 0 Å². The van der Waals surface area contributed by atoms with E-state index in [2.05, 4.69) is 0 Å². The third-order valence-electron chi connectivity index (χ3n) is 1.57. The molecule has 0 spiro atoms. The van der Waals surface area contributed by atoms with Crippen LogP contribution in [0, 0.1) is 0 Å². The van der Waals surface area contributed by atoms with E-state index in [1.165, 1.54) is 0 Å². The van der Waals surface area contributed by atoms with Crippen molar-refractivity contribution >= 4 is 10.1 Å². The van der Waals surface area contributed by atoms with Crippen LogP contribution in [-0.4, -0.2) is 31.5 Å². The molecule has 0 fully saturated rings. The first-order valence-electron chi connectivity index (χ1n) is 4.88. The van der Waals surface area contributed by atoms with Crippen LogP contribution >= 0.6 is 0 Å². The Morgan fingerprint density at radius 1 is 1.24 bits per heavy atom. The number of hydrogen-bond acceptors (Lipinski definition) is 3. The zero-order valence-electron chi connectivity index (χ0n) is 10.2. The molecule has 17 heavy (non-hydrogen) atoms. The molecule has 0 aliphatic heterocycles. The molecule has 0 aliphatic rings. The van der Waals surface area contributed by atoms with Crippen LogP contribution < -0.4 is 0 Å². The predicted octanol–water partition coefficient (Wildman–Crippen LogP) is 2.22. The molecule has 0 aliphatic carbocycles. The molecule has 0 amide bonds. The van der Waals surface area contributed by atoms with Crippen molar-refractivity contribution in [1.29, 1.82) is 0 Å². The summed E-state index contributed by atoms with van der Waals surface area (Å²) >= 11 is 0. The Balaban J connectivity index is 0. The number of hydrogen-bond donors (Lipinski definition) is 2. The topological polar surface area (TPSA) is 74.6 Å². The minimum Gasteiger partial charge on any atom is -0.388 e. The lowest BCUT2D eigenvalue weighted by atomic mass is 10.1. The van der Waals surface area contributed by atoms with E-state index in [1.54, 1.807) is 0 Å². The Hall–Kier alpha value is -0.980. The summed E-state index contributed by atoms with van der Waals surface area (Å²) in [6.45, 7) is 1.97. The third-order valence-corrected chi connectivity index (χ3v) is 1.57. The lowest BCUT2D eigenvalue weighted by Gasteiger charge is -2.05. The van der Waals surface area contributed by atoms with Crippen LogP contribution in [0.3, 0.4) is 0 Å². The fourth-order valence-electron chi connectivity index (χ4n) is 0.911. The van der Waals surface area contributed by atoms with Crippen molar-refractivity contribution in [3.63, 3.8) is 0 Å². The summed E-state index contributed by atoms with van der Waals surface area (Å²) in [5.41, 5.74) is 1.00. The summed E-state index contributed by atoms with van der Waals surface area (Å²) in [5, 5.41) is 9.33. The van der Waals surface area contributed by atoms with Crippen molar-refractivity contribution in [1.82, 2.24) is 0 Å². The lowest BCUT2D eigenvalue weighted by molar-refractivity contribution is 0.173. The molecule has 0 heterocycles. The highest BCUT2D eigenvalue weighted by Crippen LogP contribution is 2.14. The largest absolute Gasteiger partial charge is 0.388 e. The molecule has 100 valence electrons. The summed E-state index contributed by atoms with van der Waals surface area (Å²) in [5.74, 6) is 0. The van der Waals surface area contributed by atoms with Crippen LogP contribution in [0.15, 0.2) is 30.3 Å². The maximum atomic E-state index is 9.50. The van der Waals surface area contributed by atoms with Gasteiger partial charge in [0.1, 0.15) is 0 Å². The molecular formula is C11H19FO4S. The molecule has 4 nitrogen and oxygen atoms in total. The first kappa shape index (κ1) is 18.4. The fourth-order valence-corrected chi connectivity index (χ4v) is 0.911. The summed E-state index contributed by atoms with van der Waals surface area (Å²) in [6.07, 6.45) is 1.21. The Labute approximate surface area is 102 Å². The van der Waals surface area contributed by atoms with Gasteiger partial charge in [0.2, 0.25) is 0 Å². The monoisotopic (exact) mass is 266 g/mol. The van der Waals surface area contributed by atoms with Gasteiger partial charge < -0.3 is 5.11 Å². The van der Waals surface area contributed by atoms with Crippen LogP contribution in [0.1, 0.15) is 25.0 Å². The molecule has 0 saturated heterocycles. The zero-order valence-corrected chi connectivity index (χ0v) is 11.0. The fraction of sp³-hybridized carbons (Fsp3) is 0.455. The van der Waals surface area contributed by atoms with Crippen LogP contribution in [-0.2, 0) is 10.1 Å². The van der Waals surface area contributed by atoms with E-state index in [4.69, 9.17) is 4.55 Å². The van der Waals surface area contributed by atoms with Crippen molar-refractivity contribution < 1.29 is 22.5 Å². The highest BCUT2D eigenvalue weighted by Gasteiger charge is 2.00. The maximum Gasteiger partial charge on any atom is 0.261 e. The number of rotatable bonds is 2. The van der Waals surface area contributed by atoms with Gasteiger partial charge in [-0.2, -0.15) is 8.42 Å². The molecular weight excluding hydrogens is 247 g/mol. The average molecular weight is 266 g/mol. The quantitative estimate of drug-likeness (QED) is 0.805. The van der Waals surface area contributed by atoms with Crippen LogP contribution in [0.25, 0.3) is 0 Å². The standard InChI is InChI=1S/C9H12O.CH3F.CH4O3S/c1-2-9(10)8-6-4-3-5-7-8;1-2;1-5(2,3)4/h3-7,9-10H,2H2,1H3;1H3;1H3,(H,2,3,4). The van der Waals surface area contributed by atoms with E-state index < -0.39 is 10.1 Å². The Kier molecular flexibility index (Phi) is 11.0. The SMILES string of the molecule is CCC(O)c1ccccc1.CF.CS(=O)(=O)O. The highest BCUT2D eigenvalue weighted by atomic mass is 32.2. The van der Waals surface area contributed by atoms with E-state index in [-0.39, 0.29) is 6.10 Å². The molecule has 1 atom stereocenters. The minimum absolute atomic E-state index is 0.291. The molecule has 1 aromatic rings. The maximum absolute atomic E-state index is 9.50. The summed E-state index contributed by atoms with van der Waals surface area (Å²) < 4.78 is 35.4. The average Bonchev–Trinajstić information content (AvgIpc) is 2.30. The van der Waals surface area contributed by atoms with Gasteiger partial charge in [-0.25, -0.2) is 0 Å². The van der Waals surface area contributed by atoms with E-state index in [0.29, 0.717) is 13.4 Å². The smallest absolute Gasteiger partial charge is 0.261 e. The number of aliphatic hydroxyl groups excluding tert-OH is 1. The molecule has 0 saturated carbocycles. The molecule has 1 unspecified atom stereocenters. The highest BCUT2D eigenvalue weighted by molar-refractivity contribution is 7.85. The first-order valence-corrected chi connectivity index (χ1v) is 6.72. The van der Waals surface area contributed by atoms with E-state index in [9.17, 15) is 17.9 Å². The minimum atomic E-state index is -3.67. The molecule has 0 bridgehead atoms. The third kappa shape index (κ3) is 15.0. The number of benzene rings is 1. The molecule has 0 aromatic heterocycles. The van der Waals surface area contributed by atoms with Crippen molar-refractivity contribution in [2.45, 2.75) is 19.4 Å². The van der Waals surface area contributed by atoms with Gasteiger partial charge in [0, 0.05) is 0 Å². The van der Waals surface area contributed by atoms with E-state index in [0.717, 1.165) is 12.0 Å². The van der Waals surface area contributed by atoms with Crippen molar-refractivity contribution in [2.75, 3.05) is 13.4 Å². The van der Waals surface area contributed by atoms with Crippen LogP contribution in [0.4, 0.5) is 4.39 Å². The van der Waals surface area contributed by atoms with Crippen LogP contribution in [0.5, 0.6) is 0 Å². The van der Waals surface area contributed by atoms with Gasteiger partial charge in [-0.05, 0) is 12.0 Å². The molecule has 1 rings (SSSR count). The molecule has 6 heteroatoms. The second-order valence-corrected chi connectivity index (χ2v) is 4.53. The van der Waals surface area contributed by atoms with E-state index in [1.807, 2.05) is 37.3 Å². The van der Waals surface area contributed by atoms with Crippen molar-refractivity contribution in [3.8, 4) is 0 Å².